The number of halogens is 4. The maximum absolute atomic E-state index is 13.9. The highest BCUT2D eigenvalue weighted by atomic mass is 19.4. The second kappa shape index (κ2) is 14.4. The summed E-state index contributed by atoms with van der Waals surface area (Å²) >= 11 is 0. The Balaban J connectivity index is 0.986. The van der Waals surface area contributed by atoms with Crippen LogP contribution < -0.4 is 15.1 Å². The van der Waals surface area contributed by atoms with Crippen LogP contribution in [0.25, 0.3) is 0 Å². The molecule has 10 nitrogen and oxygen atoms in total. The number of nitrogens with one attached hydrogen (secondary N) is 1. The molecule has 2 aromatic heterocycles. The number of amides is 2. The lowest BCUT2D eigenvalue weighted by Gasteiger charge is -2.34. The Hall–Kier alpha value is -5.01. The van der Waals surface area contributed by atoms with E-state index in [1.165, 1.54) is 17.7 Å². The minimum absolute atomic E-state index is 0.117. The molecule has 0 radical (unpaired) electrons. The molecule has 0 unspecified atom stereocenters. The number of anilines is 3. The third-order valence-corrected chi connectivity index (χ3v) is 8.70. The monoisotopic (exact) mass is 665 g/mol. The zero-order chi connectivity index (χ0) is 33.7. The first-order chi connectivity index (χ1) is 23.2. The fraction of sp³-hybridized carbons (Fsp3) is 0.382. The molecular weight excluding hydrogens is 630 g/mol. The van der Waals surface area contributed by atoms with Crippen molar-refractivity contribution in [3.05, 3.63) is 95.4 Å². The molecule has 0 saturated carbocycles. The highest BCUT2D eigenvalue weighted by Gasteiger charge is 2.42. The smallest absolute Gasteiger partial charge is 0.420 e. The molecule has 2 saturated heterocycles. The predicted molar refractivity (Wildman–Crippen MR) is 171 cm³/mol. The number of piperidine rings is 1. The molecule has 2 aliphatic heterocycles. The van der Waals surface area contributed by atoms with E-state index in [1.807, 2.05) is 23.1 Å². The lowest BCUT2D eigenvalue weighted by atomic mass is 9.90. The summed E-state index contributed by atoms with van der Waals surface area (Å²) in [6, 6.07) is 15.4. The number of benzene rings is 2. The molecule has 1 N–H and O–H groups in total. The van der Waals surface area contributed by atoms with Crippen molar-refractivity contribution in [2.45, 2.75) is 44.2 Å². The van der Waals surface area contributed by atoms with Crippen LogP contribution >= 0.6 is 0 Å². The number of carbonyl (C=O) groups excluding carboxylic acids is 2. The highest BCUT2D eigenvalue weighted by molar-refractivity contribution is 5.95. The van der Waals surface area contributed by atoms with Gasteiger partial charge in [-0.05, 0) is 54.9 Å². The number of hydrogen-bond acceptors (Lipinski definition) is 8. The lowest BCUT2D eigenvalue weighted by molar-refractivity contribution is -0.141. The Morgan fingerprint density at radius 2 is 1.54 bits per heavy atom. The number of urea groups is 1. The number of aromatic nitrogens is 3. The number of rotatable bonds is 9. The van der Waals surface area contributed by atoms with Crippen LogP contribution in [0.3, 0.4) is 0 Å². The Morgan fingerprint density at radius 3 is 2.21 bits per heavy atom. The SMILES string of the molecule is O=C(CCCc1cnc(N2CCN(C(=O)Nc3ccccc3F)CC2)nc1)c1oc(N2CCC(c3ccccc3)CC2)nc1C(F)(F)F. The maximum Gasteiger partial charge on any atom is 0.437 e. The molecule has 2 aromatic carbocycles. The van der Waals surface area contributed by atoms with Crippen LogP contribution in [-0.4, -0.2) is 70.9 Å². The lowest BCUT2D eigenvalue weighted by Crippen LogP contribution is -2.50. The molecule has 0 bridgehead atoms. The van der Waals surface area contributed by atoms with Gasteiger partial charge >= 0.3 is 12.2 Å². The zero-order valence-corrected chi connectivity index (χ0v) is 26.1. The molecule has 2 aliphatic rings. The van der Waals surface area contributed by atoms with Gasteiger partial charge in [-0.25, -0.2) is 19.2 Å². The quantitative estimate of drug-likeness (QED) is 0.158. The summed E-state index contributed by atoms with van der Waals surface area (Å²) in [4.78, 5) is 43.2. The van der Waals surface area contributed by atoms with Gasteiger partial charge in [0.2, 0.25) is 11.7 Å². The second-order valence-corrected chi connectivity index (χ2v) is 11.9. The van der Waals surface area contributed by atoms with Crippen molar-refractivity contribution < 1.29 is 31.6 Å². The van der Waals surface area contributed by atoms with Gasteiger partial charge in [0.1, 0.15) is 5.82 Å². The summed E-state index contributed by atoms with van der Waals surface area (Å²) in [5.41, 5.74) is 0.751. The summed E-state index contributed by atoms with van der Waals surface area (Å²) in [5, 5.41) is 2.58. The molecule has 4 heterocycles. The number of piperazine rings is 1. The van der Waals surface area contributed by atoms with Crippen LogP contribution in [0.2, 0.25) is 0 Å². The molecule has 48 heavy (non-hydrogen) atoms. The van der Waals surface area contributed by atoms with Gasteiger partial charge in [-0.2, -0.15) is 18.2 Å². The number of para-hydroxylation sites is 1. The Morgan fingerprint density at radius 1 is 0.875 bits per heavy atom. The van der Waals surface area contributed by atoms with Gasteiger partial charge in [-0.3, -0.25) is 4.79 Å². The molecule has 2 amide bonds. The first-order valence-corrected chi connectivity index (χ1v) is 15.9. The van der Waals surface area contributed by atoms with E-state index in [1.54, 1.807) is 34.3 Å². The van der Waals surface area contributed by atoms with Crippen molar-refractivity contribution in [2.24, 2.45) is 0 Å². The van der Waals surface area contributed by atoms with Gasteiger partial charge in [0.25, 0.3) is 6.01 Å². The van der Waals surface area contributed by atoms with Gasteiger partial charge in [0, 0.05) is 58.1 Å². The van der Waals surface area contributed by atoms with Crippen LogP contribution in [0.4, 0.5) is 40.0 Å². The molecule has 6 rings (SSSR count). The van der Waals surface area contributed by atoms with Crippen molar-refractivity contribution in [3.63, 3.8) is 0 Å². The van der Waals surface area contributed by atoms with Crippen LogP contribution in [0.1, 0.15) is 59.0 Å². The predicted octanol–water partition coefficient (Wildman–Crippen LogP) is 6.57. The van der Waals surface area contributed by atoms with Crippen molar-refractivity contribution in [3.8, 4) is 0 Å². The Kier molecular flexibility index (Phi) is 9.88. The minimum Gasteiger partial charge on any atom is -0.420 e. The third kappa shape index (κ3) is 7.75. The van der Waals surface area contributed by atoms with E-state index in [0.29, 0.717) is 57.6 Å². The van der Waals surface area contributed by atoms with Crippen LogP contribution in [-0.2, 0) is 12.6 Å². The van der Waals surface area contributed by atoms with Crippen molar-refractivity contribution in [1.82, 2.24) is 19.9 Å². The van der Waals surface area contributed by atoms with E-state index in [-0.39, 0.29) is 24.5 Å². The van der Waals surface area contributed by atoms with E-state index >= 15 is 0 Å². The average Bonchev–Trinajstić information content (AvgIpc) is 3.57. The van der Waals surface area contributed by atoms with Gasteiger partial charge in [-0.1, -0.05) is 42.5 Å². The van der Waals surface area contributed by atoms with Gasteiger partial charge in [-0.15, -0.1) is 0 Å². The first-order valence-electron chi connectivity index (χ1n) is 15.9. The van der Waals surface area contributed by atoms with Crippen LogP contribution in [0.5, 0.6) is 0 Å². The Bertz CT molecular complexity index is 1700. The Labute approximate surface area is 274 Å². The summed E-state index contributed by atoms with van der Waals surface area (Å²) < 4.78 is 61.0. The average molecular weight is 666 g/mol. The van der Waals surface area contributed by atoms with Crippen LogP contribution in [0.15, 0.2) is 71.4 Å². The first kappa shape index (κ1) is 32.9. The number of oxazole rings is 1. The number of Topliss-reactive ketones (excluding diaryl/α,β-unsaturated/α-hetero) is 1. The van der Waals surface area contributed by atoms with E-state index in [4.69, 9.17) is 4.42 Å². The molecule has 252 valence electrons. The van der Waals surface area contributed by atoms with Crippen LogP contribution in [0, 0.1) is 5.82 Å². The summed E-state index contributed by atoms with van der Waals surface area (Å²) in [6.45, 7) is 2.68. The van der Waals surface area contributed by atoms with Crippen molar-refractivity contribution in [2.75, 3.05) is 54.4 Å². The second-order valence-electron chi connectivity index (χ2n) is 11.9. The minimum atomic E-state index is -4.83. The zero-order valence-electron chi connectivity index (χ0n) is 26.1. The molecule has 4 aromatic rings. The van der Waals surface area contributed by atoms with E-state index < -0.39 is 35.3 Å². The van der Waals surface area contributed by atoms with E-state index in [0.717, 1.165) is 18.4 Å². The fourth-order valence-electron chi connectivity index (χ4n) is 6.03. The van der Waals surface area contributed by atoms with Gasteiger partial charge in [0.05, 0.1) is 5.69 Å². The molecule has 0 atom stereocenters. The summed E-state index contributed by atoms with van der Waals surface area (Å²) in [6.07, 6.45) is 0.386. The summed E-state index contributed by atoms with van der Waals surface area (Å²) in [7, 11) is 0. The number of ketones is 1. The molecular formula is C34H35F4N7O3. The highest BCUT2D eigenvalue weighted by Crippen LogP contribution is 2.37. The van der Waals surface area contributed by atoms with Crippen molar-refractivity contribution >= 4 is 29.5 Å². The molecule has 0 spiro atoms. The maximum atomic E-state index is 13.9. The standard InChI is InChI=1S/C34H35F4N7O3/c35-26-10-4-5-11-27(26)41-32(47)44-19-17-43(18-20-44)31-39-21-23(22-40-31)7-6-12-28(46)29-30(34(36,37)38)42-33(48-29)45-15-13-25(14-16-45)24-8-2-1-3-9-24/h1-5,8-11,21-22,25H,6-7,12-20H2,(H,41,47). The van der Waals surface area contributed by atoms with Crippen molar-refractivity contribution in [1.29, 1.82) is 0 Å². The van der Waals surface area contributed by atoms with Gasteiger partial charge < -0.3 is 24.4 Å². The largest absolute Gasteiger partial charge is 0.437 e. The summed E-state index contributed by atoms with van der Waals surface area (Å²) in [5.74, 6) is -1.24. The number of hydrogen-bond donors (Lipinski definition) is 1. The fourth-order valence-corrected chi connectivity index (χ4v) is 6.03. The van der Waals surface area contributed by atoms with E-state index in [9.17, 15) is 27.2 Å². The molecule has 0 aliphatic carbocycles. The number of nitrogens with zero attached hydrogens (tertiary/aromatic N) is 6. The third-order valence-electron chi connectivity index (χ3n) is 8.70. The van der Waals surface area contributed by atoms with Gasteiger partial charge in [0.15, 0.2) is 11.5 Å². The number of carbonyl (C=O) groups is 2. The topological polar surface area (TPSA) is 108 Å². The molecule has 14 heteroatoms. The molecule has 2 fully saturated rings. The number of aryl methyl sites for hydroxylation is 1. The normalized spacial score (nSPS) is 15.9. The number of alkyl halides is 3. The van der Waals surface area contributed by atoms with E-state index in [2.05, 4.69) is 32.4 Å².